The molecule has 0 saturated carbocycles. The van der Waals surface area contributed by atoms with E-state index in [1.807, 2.05) is 61.5 Å². The van der Waals surface area contributed by atoms with Crippen LogP contribution in [0.25, 0.3) is 0 Å². The highest BCUT2D eigenvalue weighted by Gasteiger charge is 2.16. The number of benzene rings is 2. The van der Waals surface area contributed by atoms with Crippen molar-refractivity contribution < 1.29 is 4.79 Å². The molecule has 4 nitrogen and oxygen atoms in total. The number of hydrogen-bond donors (Lipinski definition) is 1. The fraction of sp³-hybridized carbons (Fsp3) is 0.143. The predicted octanol–water partition coefficient (Wildman–Crippen LogP) is 4.36. The van der Waals surface area contributed by atoms with Gasteiger partial charge in [-0.15, -0.1) is 0 Å². The lowest BCUT2D eigenvalue weighted by Gasteiger charge is -2.21. The van der Waals surface area contributed by atoms with Gasteiger partial charge in [-0.3, -0.25) is 9.78 Å². The van der Waals surface area contributed by atoms with E-state index in [2.05, 4.69) is 22.4 Å². The average Bonchev–Trinajstić information content (AvgIpc) is 2.69. The van der Waals surface area contributed by atoms with E-state index in [1.54, 1.807) is 17.3 Å². The number of carbonyl (C=O) groups is 1. The minimum atomic E-state index is -0.0513. The fourth-order valence-electron chi connectivity index (χ4n) is 2.66. The molecule has 0 fully saturated rings. The van der Waals surface area contributed by atoms with Crippen molar-refractivity contribution in [1.82, 2.24) is 4.98 Å². The van der Waals surface area contributed by atoms with Crippen molar-refractivity contribution >= 4 is 17.3 Å². The maximum Gasteiger partial charge on any atom is 0.259 e. The molecule has 1 heterocycles. The number of aromatic nitrogens is 1. The highest BCUT2D eigenvalue weighted by atomic mass is 16.2. The second-order valence-electron chi connectivity index (χ2n) is 5.69. The van der Waals surface area contributed by atoms with Gasteiger partial charge in [0.1, 0.15) is 0 Å². The van der Waals surface area contributed by atoms with Crippen LogP contribution in [0.1, 0.15) is 22.8 Å². The molecular weight excluding hydrogens is 310 g/mol. The van der Waals surface area contributed by atoms with Crippen molar-refractivity contribution in [2.24, 2.45) is 0 Å². The summed E-state index contributed by atoms with van der Waals surface area (Å²) in [4.78, 5) is 18.8. The number of carbonyl (C=O) groups excluding carboxylic acids is 1. The van der Waals surface area contributed by atoms with Crippen molar-refractivity contribution in [3.8, 4) is 0 Å². The van der Waals surface area contributed by atoms with Crippen LogP contribution in [0.2, 0.25) is 0 Å². The van der Waals surface area contributed by atoms with Gasteiger partial charge in [-0.25, -0.2) is 0 Å². The summed E-state index contributed by atoms with van der Waals surface area (Å²) < 4.78 is 0. The lowest BCUT2D eigenvalue weighted by Crippen LogP contribution is -2.30. The molecule has 0 bridgehead atoms. The topological polar surface area (TPSA) is 45.2 Å². The summed E-state index contributed by atoms with van der Waals surface area (Å²) >= 11 is 0. The van der Waals surface area contributed by atoms with Crippen LogP contribution in [0.3, 0.4) is 0 Å². The molecule has 0 unspecified atom stereocenters. The number of amides is 1. The van der Waals surface area contributed by atoms with E-state index < -0.39 is 0 Å². The first-order valence-corrected chi connectivity index (χ1v) is 8.37. The number of nitrogens with zero attached hydrogens (tertiary/aromatic N) is 2. The lowest BCUT2D eigenvalue weighted by molar-refractivity contribution is 0.0988. The number of nitrogens with one attached hydrogen (secondary N) is 1. The van der Waals surface area contributed by atoms with E-state index >= 15 is 0 Å². The molecule has 0 radical (unpaired) electrons. The SMILES string of the molecule is CCN(C(=O)c1cncc(NCc2ccccc2)c1)c1ccccc1. The molecule has 0 atom stereocenters. The Labute approximate surface area is 148 Å². The van der Waals surface area contributed by atoms with Gasteiger partial charge in [-0.2, -0.15) is 0 Å². The van der Waals surface area contributed by atoms with E-state index in [-0.39, 0.29) is 5.91 Å². The molecule has 3 rings (SSSR count). The van der Waals surface area contributed by atoms with Gasteiger partial charge < -0.3 is 10.2 Å². The fourth-order valence-corrected chi connectivity index (χ4v) is 2.66. The molecule has 0 saturated heterocycles. The van der Waals surface area contributed by atoms with Crippen LogP contribution in [0, 0.1) is 0 Å². The number of para-hydroxylation sites is 1. The molecule has 1 N–H and O–H groups in total. The van der Waals surface area contributed by atoms with Gasteiger partial charge >= 0.3 is 0 Å². The molecular formula is C21H21N3O. The van der Waals surface area contributed by atoms with Crippen LogP contribution in [0.4, 0.5) is 11.4 Å². The Balaban J connectivity index is 1.75. The second kappa shape index (κ2) is 8.11. The molecule has 0 aliphatic heterocycles. The van der Waals surface area contributed by atoms with E-state index in [0.717, 1.165) is 11.4 Å². The number of hydrogen-bond acceptors (Lipinski definition) is 3. The molecule has 25 heavy (non-hydrogen) atoms. The molecule has 126 valence electrons. The molecule has 1 aromatic heterocycles. The lowest BCUT2D eigenvalue weighted by atomic mass is 10.2. The molecule has 4 heteroatoms. The monoisotopic (exact) mass is 331 g/mol. The standard InChI is InChI=1S/C21H21N3O/c1-2-24(20-11-7-4-8-12-20)21(25)18-13-19(16-22-15-18)23-14-17-9-5-3-6-10-17/h3-13,15-16,23H,2,14H2,1H3. The van der Waals surface area contributed by atoms with Crippen LogP contribution in [-0.2, 0) is 6.54 Å². The van der Waals surface area contributed by atoms with Crippen molar-refractivity contribution in [2.45, 2.75) is 13.5 Å². The van der Waals surface area contributed by atoms with Crippen molar-refractivity contribution in [3.63, 3.8) is 0 Å². The van der Waals surface area contributed by atoms with Crippen LogP contribution < -0.4 is 10.2 Å². The van der Waals surface area contributed by atoms with Gasteiger partial charge in [-0.1, -0.05) is 48.5 Å². The quantitative estimate of drug-likeness (QED) is 0.730. The summed E-state index contributed by atoms with van der Waals surface area (Å²) in [6.07, 6.45) is 3.35. The zero-order valence-electron chi connectivity index (χ0n) is 14.2. The zero-order valence-corrected chi connectivity index (χ0v) is 14.2. The summed E-state index contributed by atoms with van der Waals surface area (Å²) in [5, 5.41) is 3.32. The van der Waals surface area contributed by atoms with Crippen LogP contribution in [0.15, 0.2) is 79.1 Å². The first-order chi connectivity index (χ1) is 12.3. The molecule has 3 aromatic rings. The Morgan fingerprint density at radius 3 is 2.36 bits per heavy atom. The van der Waals surface area contributed by atoms with Gasteiger partial charge in [-0.05, 0) is 30.7 Å². The average molecular weight is 331 g/mol. The third kappa shape index (κ3) is 4.23. The Morgan fingerprint density at radius 1 is 1.00 bits per heavy atom. The van der Waals surface area contributed by atoms with Gasteiger partial charge in [0.25, 0.3) is 5.91 Å². The van der Waals surface area contributed by atoms with Crippen molar-refractivity contribution in [2.75, 3.05) is 16.8 Å². The van der Waals surface area contributed by atoms with Crippen LogP contribution >= 0.6 is 0 Å². The summed E-state index contributed by atoms with van der Waals surface area (Å²) in [6.45, 7) is 3.26. The minimum absolute atomic E-state index is 0.0513. The number of pyridine rings is 1. The van der Waals surface area contributed by atoms with Gasteiger partial charge in [0, 0.05) is 31.2 Å². The normalized spacial score (nSPS) is 10.3. The summed E-state index contributed by atoms with van der Waals surface area (Å²) in [5.41, 5.74) is 3.47. The highest BCUT2D eigenvalue weighted by Crippen LogP contribution is 2.18. The number of anilines is 2. The Kier molecular flexibility index (Phi) is 5.42. The molecule has 0 aliphatic carbocycles. The largest absolute Gasteiger partial charge is 0.380 e. The maximum absolute atomic E-state index is 12.9. The second-order valence-corrected chi connectivity index (χ2v) is 5.69. The van der Waals surface area contributed by atoms with Gasteiger partial charge in [0.05, 0.1) is 11.3 Å². The first-order valence-electron chi connectivity index (χ1n) is 8.37. The summed E-state index contributed by atoms with van der Waals surface area (Å²) in [5.74, 6) is -0.0513. The Morgan fingerprint density at radius 2 is 1.68 bits per heavy atom. The van der Waals surface area contributed by atoms with Crippen LogP contribution in [0.5, 0.6) is 0 Å². The van der Waals surface area contributed by atoms with Gasteiger partial charge in [0.15, 0.2) is 0 Å². The van der Waals surface area contributed by atoms with E-state index in [1.165, 1.54) is 5.56 Å². The predicted molar refractivity (Wildman–Crippen MR) is 102 cm³/mol. The molecule has 2 aromatic carbocycles. The van der Waals surface area contributed by atoms with Gasteiger partial charge in [0.2, 0.25) is 0 Å². The Bertz CT molecular complexity index is 819. The molecule has 0 spiro atoms. The minimum Gasteiger partial charge on any atom is -0.380 e. The molecule has 0 aliphatic rings. The third-order valence-corrected chi connectivity index (χ3v) is 3.95. The smallest absolute Gasteiger partial charge is 0.259 e. The first kappa shape index (κ1) is 16.7. The van der Waals surface area contributed by atoms with Crippen molar-refractivity contribution in [3.05, 3.63) is 90.3 Å². The maximum atomic E-state index is 12.9. The summed E-state index contributed by atoms with van der Waals surface area (Å²) in [6, 6.07) is 21.7. The van der Waals surface area contributed by atoms with Crippen molar-refractivity contribution in [1.29, 1.82) is 0 Å². The highest BCUT2D eigenvalue weighted by molar-refractivity contribution is 6.06. The van der Waals surface area contributed by atoms with E-state index in [9.17, 15) is 4.79 Å². The third-order valence-electron chi connectivity index (χ3n) is 3.95. The van der Waals surface area contributed by atoms with E-state index in [0.29, 0.717) is 18.7 Å². The number of rotatable bonds is 6. The molecule has 1 amide bonds. The van der Waals surface area contributed by atoms with E-state index in [4.69, 9.17) is 0 Å². The zero-order chi connectivity index (χ0) is 17.5. The summed E-state index contributed by atoms with van der Waals surface area (Å²) in [7, 11) is 0. The Hall–Kier alpha value is -3.14. The van der Waals surface area contributed by atoms with Crippen LogP contribution in [-0.4, -0.2) is 17.4 Å².